The number of hydrogen-bond acceptors (Lipinski definition) is 4. The van der Waals surface area contributed by atoms with Gasteiger partial charge in [-0.25, -0.2) is 4.79 Å². The Morgan fingerprint density at radius 3 is 2.77 bits per heavy atom. The molecular weight excluding hydrogens is 298 g/mol. The van der Waals surface area contributed by atoms with E-state index in [-0.39, 0.29) is 17.8 Å². The molecule has 1 amide bonds. The number of esters is 1. The van der Waals surface area contributed by atoms with E-state index < -0.39 is 0 Å². The topological polar surface area (TPSA) is 55.4 Å². The molecule has 22 heavy (non-hydrogen) atoms. The van der Waals surface area contributed by atoms with Gasteiger partial charge in [-0.05, 0) is 55.9 Å². The summed E-state index contributed by atoms with van der Waals surface area (Å²) in [4.78, 5) is 26.0. The largest absolute Gasteiger partial charge is 0.465 e. The van der Waals surface area contributed by atoms with Crippen LogP contribution in [-0.2, 0) is 22.4 Å². The molecule has 1 aromatic heterocycles. The predicted octanol–water partition coefficient (Wildman–Crippen LogP) is 3.40. The number of carbonyl (C=O) groups is 2. The number of hydrogen-bond donors (Lipinski definition) is 1. The number of amides is 1. The van der Waals surface area contributed by atoms with E-state index in [4.69, 9.17) is 4.74 Å². The maximum Gasteiger partial charge on any atom is 0.341 e. The number of ether oxygens (including phenoxy) is 1. The normalized spacial score (nSPS) is 28.7. The van der Waals surface area contributed by atoms with E-state index in [9.17, 15) is 9.59 Å². The van der Waals surface area contributed by atoms with E-state index in [1.807, 2.05) is 0 Å². The second kappa shape index (κ2) is 5.37. The first kappa shape index (κ1) is 14.2. The molecule has 0 saturated heterocycles. The zero-order valence-electron chi connectivity index (χ0n) is 12.8. The maximum atomic E-state index is 12.6. The predicted molar refractivity (Wildman–Crippen MR) is 85.3 cm³/mol. The second-order valence-corrected chi connectivity index (χ2v) is 7.93. The summed E-state index contributed by atoms with van der Waals surface area (Å²) in [5.41, 5.74) is 1.71. The first-order valence-corrected chi connectivity index (χ1v) is 9.02. The zero-order valence-corrected chi connectivity index (χ0v) is 13.6. The Morgan fingerprint density at radius 1 is 1.23 bits per heavy atom. The summed E-state index contributed by atoms with van der Waals surface area (Å²) in [6, 6.07) is 0. The lowest BCUT2D eigenvalue weighted by Crippen LogP contribution is -2.27. The van der Waals surface area contributed by atoms with Gasteiger partial charge in [-0.2, -0.15) is 0 Å². The molecule has 1 heterocycles. The number of aryl methyl sites for hydroxylation is 1. The third-order valence-electron chi connectivity index (χ3n) is 5.62. The molecule has 2 saturated carbocycles. The molecule has 0 aromatic carbocycles. The van der Waals surface area contributed by atoms with Crippen molar-refractivity contribution in [2.24, 2.45) is 17.8 Å². The van der Waals surface area contributed by atoms with Gasteiger partial charge >= 0.3 is 5.97 Å². The number of nitrogens with one attached hydrogen (secondary N) is 1. The molecule has 0 aliphatic heterocycles. The van der Waals surface area contributed by atoms with Gasteiger partial charge in [0.25, 0.3) is 0 Å². The van der Waals surface area contributed by atoms with Crippen molar-refractivity contribution in [1.29, 1.82) is 0 Å². The number of rotatable bonds is 3. The Morgan fingerprint density at radius 2 is 2.09 bits per heavy atom. The highest BCUT2D eigenvalue weighted by Crippen LogP contribution is 2.49. The van der Waals surface area contributed by atoms with E-state index >= 15 is 0 Å². The lowest BCUT2D eigenvalue weighted by molar-refractivity contribution is -0.121. The second-order valence-electron chi connectivity index (χ2n) is 6.82. The summed E-state index contributed by atoms with van der Waals surface area (Å²) < 4.78 is 4.93. The van der Waals surface area contributed by atoms with Gasteiger partial charge in [-0.1, -0.05) is 6.42 Å². The highest BCUT2D eigenvalue weighted by Gasteiger charge is 2.43. The smallest absolute Gasteiger partial charge is 0.341 e. The third-order valence-corrected chi connectivity index (χ3v) is 6.83. The van der Waals surface area contributed by atoms with E-state index in [0.29, 0.717) is 16.5 Å². The Balaban J connectivity index is 1.58. The molecule has 3 atom stereocenters. The van der Waals surface area contributed by atoms with Gasteiger partial charge in [-0.3, -0.25) is 4.79 Å². The van der Waals surface area contributed by atoms with E-state index in [1.54, 1.807) is 11.3 Å². The molecule has 1 aromatic rings. The molecule has 0 radical (unpaired) electrons. The summed E-state index contributed by atoms with van der Waals surface area (Å²) in [7, 11) is 1.41. The maximum absolute atomic E-state index is 12.6. The molecule has 3 aliphatic rings. The van der Waals surface area contributed by atoms with Crippen LogP contribution in [0.25, 0.3) is 0 Å². The van der Waals surface area contributed by atoms with Gasteiger partial charge in [-0.15, -0.1) is 11.3 Å². The van der Waals surface area contributed by atoms with Crippen molar-refractivity contribution in [3.8, 4) is 0 Å². The SMILES string of the molecule is COC(=O)c1c(NC(=O)[C@H]2C[C@H]3CC[C@H]2C3)sc2c1CCC2. The fourth-order valence-corrected chi connectivity index (χ4v) is 5.86. The summed E-state index contributed by atoms with van der Waals surface area (Å²) in [6.45, 7) is 0. The zero-order chi connectivity index (χ0) is 15.3. The fourth-order valence-electron chi connectivity index (χ4n) is 4.58. The van der Waals surface area contributed by atoms with Crippen LogP contribution in [0.3, 0.4) is 0 Å². The number of anilines is 1. The first-order chi connectivity index (χ1) is 10.7. The van der Waals surface area contributed by atoms with Crippen LogP contribution >= 0.6 is 11.3 Å². The average molecular weight is 319 g/mol. The van der Waals surface area contributed by atoms with Gasteiger partial charge in [0, 0.05) is 10.8 Å². The van der Waals surface area contributed by atoms with Crippen LogP contribution in [0.2, 0.25) is 0 Å². The number of carbonyl (C=O) groups excluding carboxylic acids is 2. The first-order valence-electron chi connectivity index (χ1n) is 8.21. The highest BCUT2D eigenvalue weighted by atomic mass is 32.1. The quantitative estimate of drug-likeness (QED) is 0.869. The lowest BCUT2D eigenvalue weighted by atomic mass is 9.88. The minimum Gasteiger partial charge on any atom is -0.465 e. The van der Waals surface area contributed by atoms with Crippen molar-refractivity contribution >= 4 is 28.2 Å². The van der Waals surface area contributed by atoms with Crippen LogP contribution in [0.5, 0.6) is 0 Å². The summed E-state index contributed by atoms with van der Waals surface area (Å²) in [6.07, 6.45) is 7.72. The molecule has 4 nitrogen and oxygen atoms in total. The van der Waals surface area contributed by atoms with Gasteiger partial charge in [0.15, 0.2) is 0 Å². The Kier molecular flexibility index (Phi) is 3.48. The van der Waals surface area contributed by atoms with Crippen molar-refractivity contribution in [3.05, 3.63) is 16.0 Å². The molecule has 2 bridgehead atoms. The van der Waals surface area contributed by atoms with E-state index in [2.05, 4.69) is 5.32 Å². The van der Waals surface area contributed by atoms with Crippen molar-refractivity contribution in [1.82, 2.24) is 0 Å². The highest BCUT2D eigenvalue weighted by molar-refractivity contribution is 7.17. The summed E-state index contributed by atoms with van der Waals surface area (Å²) in [5.74, 6) is 1.23. The minimum atomic E-state index is -0.317. The van der Waals surface area contributed by atoms with Crippen LogP contribution in [0.1, 0.15) is 52.9 Å². The van der Waals surface area contributed by atoms with Crippen LogP contribution in [-0.4, -0.2) is 19.0 Å². The van der Waals surface area contributed by atoms with Crippen LogP contribution in [0.15, 0.2) is 0 Å². The number of thiophene rings is 1. The Labute approximate surface area is 134 Å². The summed E-state index contributed by atoms with van der Waals surface area (Å²) >= 11 is 1.57. The standard InChI is InChI=1S/C17H21NO3S/c1-21-17(20)14-11-3-2-4-13(11)22-16(14)18-15(19)12-8-9-5-6-10(12)7-9/h9-10,12H,2-8H2,1H3,(H,18,19)/t9-,10-,12-/m0/s1. The molecular formula is C17H21NO3S. The summed E-state index contributed by atoms with van der Waals surface area (Å²) in [5, 5.41) is 3.77. The number of methoxy groups -OCH3 is 1. The van der Waals surface area contributed by atoms with Crippen molar-refractivity contribution in [2.45, 2.75) is 44.9 Å². The average Bonchev–Trinajstić information content (AvgIpc) is 3.26. The molecule has 0 unspecified atom stereocenters. The molecule has 4 rings (SSSR count). The molecule has 5 heteroatoms. The Bertz CT molecular complexity index is 636. The van der Waals surface area contributed by atoms with Crippen LogP contribution < -0.4 is 5.32 Å². The number of fused-ring (bicyclic) bond motifs is 3. The van der Waals surface area contributed by atoms with Crippen LogP contribution in [0.4, 0.5) is 5.00 Å². The van der Waals surface area contributed by atoms with Crippen LogP contribution in [0, 0.1) is 17.8 Å². The van der Waals surface area contributed by atoms with E-state index in [1.165, 1.54) is 31.2 Å². The molecule has 1 N–H and O–H groups in total. The molecule has 118 valence electrons. The molecule has 0 spiro atoms. The van der Waals surface area contributed by atoms with Crippen molar-refractivity contribution in [3.63, 3.8) is 0 Å². The van der Waals surface area contributed by atoms with Gasteiger partial charge in [0.1, 0.15) is 5.00 Å². The minimum absolute atomic E-state index is 0.109. The monoisotopic (exact) mass is 319 g/mol. The third kappa shape index (κ3) is 2.18. The van der Waals surface area contributed by atoms with Crippen molar-refractivity contribution in [2.75, 3.05) is 12.4 Å². The van der Waals surface area contributed by atoms with Crippen molar-refractivity contribution < 1.29 is 14.3 Å². The van der Waals surface area contributed by atoms with Gasteiger partial charge < -0.3 is 10.1 Å². The molecule has 2 fully saturated rings. The fraction of sp³-hybridized carbons (Fsp3) is 0.647. The van der Waals surface area contributed by atoms with Gasteiger partial charge in [0.2, 0.25) is 5.91 Å². The lowest BCUT2D eigenvalue weighted by Gasteiger charge is -2.20. The molecule has 3 aliphatic carbocycles. The van der Waals surface area contributed by atoms with Gasteiger partial charge in [0.05, 0.1) is 12.7 Å². The Hall–Kier alpha value is -1.36. The van der Waals surface area contributed by atoms with E-state index in [0.717, 1.165) is 37.2 Å².